The first-order valence-electron chi connectivity index (χ1n) is 6.67. The van der Waals surface area contributed by atoms with Crippen LogP contribution in [0.15, 0.2) is 12.4 Å². The van der Waals surface area contributed by atoms with Crippen LogP contribution in [0.2, 0.25) is 0 Å². The van der Waals surface area contributed by atoms with Gasteiger partial charge in [-0.3, -0.25) is 4.98 Å². The highest BCUT2D eigenvalue weighted by Crippen LogP contribution is 2.19. The quantitative estimate of drug-likeness (QED) is 0.865. The number of nitrogens with zero attached hydrogens (tertiary/aromatic N) is 3. The predicted octanol–water partition coefficient (Wildman–Crippen LogP) is 1.91. The topological polar surface area (TPSA) is 50.3 Å². The third-order valence-electron chi connectivity index (χ3n) is 3.28. The maximum atomic E-state index is 5.38. The molecule has 0 bridgehead atoms. The molecule has 100 valence electrons. The maximum Gasteiger partial charge on any atom is 0.149 e. The van der Waals surface area contributed by atoms with E-state index in [-0.39, 0.29) is 0 Å². The minimum atomic E-state index is 0.399. The van der Waals surface area contributed by atoms with Crippen LogP contribution < -0.4 is 10.2 Å². The van der Waals surface area contributed by atoms with Gasteiger partial charge in [-0.15, -0.1) is 0 Å². The third kappa shape index (κ3) is 3.32. The lowest BCUT2D eigenvalue weighted by molar-refractivity contribution is 0.0818. The molecule has 0 saturated carbocycles. The van der Waals surface area contributed by atoms with E-state index >= 15 is 0 Å². The summed E-state index contributed by atoms with van der Waals surface area (Å²) in [4.78, 5) is 11.1. The summed E-state index contributed by atoms with van der Waals surface area (Å²) in [5, 5.41) is 3.27. The Bertz CT molecular complexity index is 364. The number of hydrogen-bond acceptors (Lipinski definition) is 5. The van der Waals surface area contributed by atoms with Crippen LogP contribution in [0.4, 0.5) is 11.6 Å². The van der Waals surface area contributed by atoms with E-state index in [0.29, 0.717) is 6.10 Å². The first-order chi connectivity index (χ1) is 8.83. The van der Waals surface area contributed by atoms with Gasteiger partial charge in [0, 0.05) is 26.7 Å². The highest BCUT2D eigenvalue weighted by atomic mass is 16.5. The van der Waals surface area contributed by atoms with Crippen LogP contribution in [0.1, 0.15) is 26.2 Å². The van der Waals surface area contributed by atoms with E-state index in [1.807, 2.05) is 6.20 Å². The summed E-state index contributed by atoms with van der Waals surface area (Å²) in [7, 11) is 1.79. The molecule has 5 heteroatoms. The molecule has 0 aliphatic carbocycles. The Morgan fingerprint density at radius 3 is 2.83 bits per heavy atom. The van der Waals surface area contributed by atoms with Crippen molar-refractivity contribution in [2.24, 2.45) is 0 Å². The summed E-state index contributed by atoms with van der Waals surface area (Å²) in [6.07, 6.45) is 7.22. The molecule has 5 nitrogen and oxygen atoms in total. The van der Waals surface area contributed by atoms with Gasteiger partial charge in [-0.25, -0.2) is 4.98 Å². The van der Waals surface area contributed by atoms with Crippen molar-refractivity contribution in [1.82, 2.24) is 9.97 Å². The number of methoxy groups -OCH3 is 1. The predicted molar refractivity (Wildman–Crippen MR) is 73.1 cm³/mol. The van der Waals surface area contributed by atoms with Gasteiger partial charge in [0.05, 0.1) is 18.5 Å². The minimum Gasteiger partial charge on any atom is -0.381 e. The van der Waals surface area contributed by atoms with Crippen LogP contribution in [0.25, 0.3) is 0 Å². The number of hydrogen-bond donors (Lipinski definition) is 1. The molecule has 0 spiro atoms. The molecule has 0 atom stereocenters. The zero-order valence-electron chi connectivity index (χ0n) is 11.2. The first-order valence-corrected chi connectivity index (χ1v) is 6.67. The molecule has 1 N–H and O–H groups in total. The van der Waals surface area contributed by atoms with E-state index in [1.165, 1.54) is 0 Å². The molecule has 1 saturated heterocycles. The average molecular weight is 250 g/mol. The second kappa shape index (κ2) is 6.54. The summed E-state index contributed by atoms with van der Waals surface area (Å²) in [6, 6.07) is 0. The molecule has 18 heavy (non-hydrogen) atoms. The van der Waals surface area contributed by atoms with E-state index in [9.17, 15) is 0 Å². The van der Waals surface area contributed by atoms with Crippen LogP contribution in [-0.4, -0.2) is 42.8 Å². The van der Waals surface area contributed by atoms with Crippen molar-refractivity contribution in [1.29, 1.82) is 0 Å². The van der Waals surface area contributed by atoms with Gasteiger partial charge in [0.1, 0.15) is 11.6 Å². The Kier molecular flexibility index (Phi) is 4.75. The zero-order chi connectivity index (χ0) is 12.8. The van der Waals surface area contributed by atoms with Crippen molar-refractivity contribution in [3.05, 3.63) is 12.4 Å². The fourth-order valence-corrected chi connectivity index (χ4v) is 2.17. The Hall–Kier alpha value is -1.36. The van der Waals surface area contributed by atoms with Crippen molar-refractivity contribution in [2.75, 3.05) is 37.0 Å². The lowest BCUT2D eigenvalue weighted by atomic mass is 10.1. The first kappa shape index (κ1) is 13.1. The molecular weight excluding hydrogens is 228 g/mol. The van der Waals surface area contributed by atoms with Crippen molar-refractivity contribution < 1.29 is 4.74 Å². The molecule has 0 radical (unpaired) electrons. The van der Waals surface area contributed by atoms with Crippen molar-refractivity contribution >= 4 is 11.6 Å². The summed E-state index contributed by atoms with van der Waals surface area (Å²) in [5.41, 5.74) is 0. The molecule has 2 heterocycles. The monoisotopic (exact) mass is 250 g/mol. The molecule has 0 aromatic carbocycles. The van der Waals surface area contributed by atoms with Gasteiger partial charge in [-0.2, -0.15) is 0 Å². The standard InChI is InChI=1S/C13H22N4O/c1-3-6-15-12-9-14-10-13(16-12)17-7-4-11(18-2)5-8-17/h9-11H,3-8H2,1-2H3,(H,15,16). The van der Waals surface area contributed by atoms with Crippen LogP contribution in [0.3, 0.4) is 0 Å². The molecule has 1 aliphatic rings. The molecule has 0 amide bonds. The summed E-state index contributed by atoms with van der Waals surface area (Å²) in [6.45, 7) is 5.05. The van der Waals surface area contributed by atoms with E-state index in [2.05, 4.69) is 27.1 Å². The number of anilines is 2. The van der Waals surface area contributed by atoms with Crippen LogP contribution in [-0.2, 0) is 4.74 Å². The fourth-order valence-electron chi connectivity index (χ4n) is 2.17. The average Bonchev–Trinajstić information content (AvgIpc) is 2.45. The van der Waals surface area contributed by atoms with Crippen molar-refractivity contribution in [3.8, 4) is 0 Å². The van der Waals surface area contributed by atoms with Gasteiger partial charge in [0.15, 0.2) is 0 Å². The van der Waals surface area contributed by atoms with Gasteiger partial charge < -0.3 is 15.0 Å². The summed E-state index contributed by atoms with van der Waals surface area (Å²) >= 11 is 0. The highest BCUT2D eigenvalue weighted by molar-refractivity contribution is 5.44. The second-order valence-corrected chi connectivity index (χ2v) is 4.61. The van der Waals surface area contributed by atoms with E-state index in [0.717, 1.165) is 50.5 Å². The Balaban J connectivity index is 1.96. The maximum absolute atomic E-state index is 5.38. The highest BCUT2D eigenvalue weighted by Gasteiger charge is 2.19. The normalized spacial score (nSPS) is 16.9. The van der Waals surface area contributed by atoms with E-state index in [1.54, 1.807) is 13.3 Å². The second-order valence-electron chi connectivity index (χ2n) is 4.61. The summed E-state index contributed by atoms with van der Waals surface area (Å²) in [5.74, 6) is 1.83. The molecule has 1 fully saturated rings. The molecule has 1 aliphatic heterocycles. The molecular formula is C13H22N4O. The number of nitrogens with one attached hydrogen (secondary N) is 1. The number of ether oxygens (including phenoxy) is 1. The van der Waals surface area contributed by atoms with Crippen LogP contribution >= 0.6 is 0 Å². The SMILES string of the molecule is CCCNc1cncc(N2CCC(OC)CC2)n1. The van der Waals surface area contributed by atoms with E-state index in [4.69, 9.17) is 4.74 Å². The molecule has 1 aromatic rings. The van der Waals surface area contributed by atoms with E-state index < -0.39 is 0 Å². The smallest absolute Gasteiger partial charge is 0.149 e. The number of rotatable bonds is 5. The molecule has 2 rings (SSSR count). The fraction of sp³-hybridized carbons (Fsp3) is 0.692. The molecule has 1 aromatic heterocycles. The van der Waals surface area contributed by atoms with Gasteiger partial charge in [0.2, 0.25) is 0 Å². The summed E-state index contributed by atoms with van der Waals surface area (Å²) < 4.78 is 5.38. The lowest BCUT2D eigenvalue weighted by Crippen LogP contribution is -2.37. The number of aromatic nitrogens is 2. The lowest BCUT2D eigenvalue weighted by Gasteiger charge is -2.31. The Labute approximate surface area is 109 Å². The van der Waals surface area contributed by atoms with Gasteiger partial charge in [-0.1, -0.05) is 6.92 Å². The van der Waals surface area contributed by atoms with Gasteiger partial charge in [-0.05, 0) is 19.3 Å². The zero-order valence-corrected chi connectivity index (χ0v) is 11.2. The Morgan fingerprint density at radius 1 is 1.39 bits per heavy atom. The largest absolute Gasteiger partial charge is 0.381 e. The van der Waals surface area contributed by atoms with Gasteiger partial charge >= 0.3 is 0 Å². The minimum absolute atomic E-state index is 0.399. The van der Waals surface area contributed by atoms with Crippen molar-refractivity contribution in [2.45, 2.75) is 32.3 Å². The number of piperidine rings is 1. The Morgan fingerprint density at radius 2 is 2.17 bits per heavy atom. The van der Waals surface area contributed by atoms with Crippen molar-refractivity contribution in [3.63, 3.8) is 0 Å². The molecule has 0 unspecified atom stereocenters. The third-order valence-corrected chi connectivity index (χ3v) is 3.28. The van der Waals surface area contributed by atoms with Crippen LogP contribution in [0, 0.1) is 0 Å². The van der Waals surface area contributed by atoms with Crippen LogP contribution in [0.5, 0.6) is 0 Å². The van der Waals surface area contributed by atoms with Gasteiger partial charge in [0.25, 0.3) is 0 Å².